The van der Waals surface area contributed by atoms with E-state index in [0.29, 0.717) is 17.2 Å². The van der Waals surface area contributed by atoms with Crippen LogP contribution < -0.4 is 14.8 Å². The number of guanidine groups is 1. The van der Waals surface area contributed by atoms with E-state index in [1.54, 1.807) is 45.5 Å². The second kappa shape index (κ2) is 5.01. The third kappa shape index (κ3) is 2.37. The maximum absolute atomic E-state index is 11.7. The highest BCUT2D eigenvalue weighted by Gasteiger charge is 2.27. The van der Waals surface area contributed by atoms with Crippen molar-refractivity contribution in [1.82, 2.24) is 10.2 Å². The maximum atomic E-state index is 11.7. The molecule has 0 aliphatic carbocycles. The first-order valence-electron chi connectivity index (χ1n) is 5.64. The Morgan fingerprint density at radius 2 is 2.05 bits per heavy atom. The summed E-state index contributed by atoms with van der Waals surface area (Å²) in [6, 6.07) is 5.32. The Kier molecular flexibility index (Phi) is 3.41. The minimum Gasteiger partial charge on any atom is -0.497 e. The standard InChI is InChI=1S/C13H15N3O3/c1-16-10(12(17)15-13(16)14)6-8-4-5-9(18-2)7-11(8)19-3/h4-7H,1-3H3,(H2,14,15,17). The van der Waals surface area contributed by atoms with Crippen molar-refractivity contribution >= 4 is 17.9 Å². The predicted octanol–water partition coefficient (Wildman–Crippen LogP) is 1.04. The van der Waals surface area contributed by atoms with Crippen LogP contribution >= 0.6 is 0 Å². The zero-order valence-electron chi connectivity index (χ0n) is 11.0. The van der Waals surface area contributed by atoms with E-state index in [-0.39, 0.29) is 11.9 Å². The van der Waals surface area contributed by atoms with Crippen LogP contribution in [0.3, 0.4) is 0 Å². The third-order valence-electron chi connectivity index (χ3n) is 2.89. The fourth-order valence-corrected chi connectivity index (χ4v) is 1.78. The van der Waals surface area contributed by atoms with E-state index in [4.69, 9.17) is 14.9 Å². The molecule has 1 aromatic carbocycles. The van der Waals surface area contributed by atoms with Crippen molar-refractivity contribution in [3.05, 3.63) is 29.5 Å². The van der Waals surface area contributed by atoms with Gasteiger partial charge < -0.3 is 14.4 Å². The van der Waals surface area contributed by atoms with Crippen LogP contribution in [0.15, 0.2) is 23.9 Å². The molecular formula is C13H15N3O3. The lowest BCUT2D eigenvalue weighted by atomic mass is 10.1. The summed E-state index contributed by atoms with van der Waals surface area (Å²) in [7, 11) is 4.78. The Labute approximate surface area is 111 Å². The van der Waals surface area contributed by atoms with Crippen molar-refractivity contribution in [3.8, 4) is 11.5 Å². The normalized spacial score (nSPS) is 16.8. The molecule has 6 nitrogen and oxygen atoms in total. The summed E-state index contributed by atoms with van der Waals surface area (Å²) in [5.74, 6) is 1.04. The molecule has 1 aromatic rings. The lowest BCUT2D eigenvalue weighted by Crippen LogP contribution is -2.25. The highest BCUT2D eigenvalue weighted by Crippen LogP contribution is 2.27. The second-order valence-corrected chi connectivity index (χ2v) is 4.00. The topological polar surface area (TPSA) is 74.7 Å². The SMILES string of the molecule is COc1ccc(C=C2C(=O)NC(=N)N2C)c(OC)c1. The highest BCUT2D eigenvalue weighted by atomic mass is 16.5. The van der Waals surface area contributed by atoms with Crippen LogP contribution in [0.25, 0.3) is 6.08 Å². The average Bonchev–Trinajstić information content (AvgIpc) is 2.65. The summed E-state index contributed by atoms with van der Waals surface area (Å²) < 4.78 is 10.4. The van der Waals surface area contributed by atoms with Crippen molar-refractivity contribution in [2.45, 2.75) is 0 Å². The fraction of sp³-hybridized carbons (Fsp3) is 0.231. The van der Waals surface area contributed by atoms with E-state index >= 15 is 0 Å². The van der Waals surface area contributed by atoms with Gasteiger partial charge in [-0.2, -0.15) is 0 Å². The molecule has 2 N–H and O–H groups in total. The summed E-state index contributed by atoms with van der Waals surface area (Å²) in [5.41, 5.74) is 1.14. The van der Waals surface area contributed by atoms with E-state index in [2.05, 4.69) is 5.32 Å². The first-order valence-corrected chi connectivity index (χ1v) is 5.64. The summed E-state index contributed by atoms with van der Waals surface area (Å²) in [6.45, 7) is 0. The molecule has 1 aliphatic rings. The molecular weight excluding hydrogens is 246 g/mol. The molecule has 0 aromatic heterocycles. The van der Waals surface area contributed by atoms with Crippen LogP contribution in [-0.2, 0) is 4.79 Å². The maximum Gasteiger partial charge on any atom is 0.274 e. The monoisotopic (exact) mass is 261 g/mol. The Balaban J connectivity index is 2.42. The van der Waals surface area contributed by atoms with Crippen LogP contribution in [-0.4, -0.2) is 38.0 Å². The molecule has 0 spiro atoms. The molecule has 19 heavy (non-hydrogen) atoms. The lowest BCUT2D eigenvalue weighted by molar-refractivity contribution is -0.115. The van der Waals surface area contributed by atoms with Gasteiger partial charge >= 0.3 is 0 Å². The van der Waals surface area contributed by atoms with Gasteiger partial charge in [0, 0.05) is 18.7 Å². The zero-order chi connectivity index (χ0) is 14.0. The van der Waals surface area contributed by atoms with Gasteiger partial charge in [-0.15, -0.1) is 0 Å². The Morgan fingerprint density at radius 1 is 1.32 bits per heavy atom. The number of benzene rings is 1. The number of rotatable bonds is 3. The number of carbonyl (C=O) groups is 1. The van der Waals surface area contributed by atoms with Gasteiger partial charge in [0.2, 0.25) is 5.96 Å². The van der Waals surface area contributed by atoms with E-state index < -0.39 is 0 Å². The molecule has 6 heteroatoms. The number of hydrogen-bond donors (Lipinski definition) is 2. The van der Waals surface area contributed by atoms with E-state index in [9.17, 15) is 4.79 Å². The van der Waals surface area contributed by atoms with Crippen LogP contribution in [0.5, 0.6) is 11.5 Å². The van der Waals surface area contributed by atoms with Gasteiger partial charge in [0.15, 0.2) is 0 Å². The van der Waals surface area contributed by atoms with Gasteiger partial charge in [0.05, 0.1) is 14.2 Å². The second-order valence-electron chi connectivity index (χ2n) is 4.00. The van der Waals surface area contributed by atoms with Crippen molar-refractivity contribution < 1.29 is 14.3 Å². The molecule has 2 rings (SSSR count). The first-order chi connectivity index (χ1) is 9.06. The molecule has 0 atom stereocenters. The third-order valence-corrected chi connectivity index (χ3v) is 2.89. The van der Waals surface area contributed by atoms with E-state index in [0.717, 1.165) is 5.56 Å². The molecule has 100 valence electrons. The van der Waals surface area contributed by atoms with Gasteiger partial charge in [-0.1, -0.05) is 0 Å². The number of amides is 1. The van der Waals surface area contributed by atoms with Crippen molar-refractivity contribution in [3.63, 3.8) is 0 Å². The zero-order valence-corrected chi connectivity index (χ0v) is 11.0. The first kappa shape index (κ1) is 12.9. The predicted molar refractivity (Wildman–Crippen MR) is 71.2 cm³/mol. The van der Waals surface area contributed by atoms with Gasteiger partial charge in [-0.3, -0.25) is 15.5 Å². The molecule has 0 bridgehead atoms. The number of nitrogens with zero attached hydrogens (tertiary/aromatic N) is 1. The number of hydrogen-bond acceptors (Lipinski definition) is 4. The number of ether oxygens (including phenoxy) is 2. The van der Waals surface area contributed by atoms with Crippen LogP contribution in [0.1, 0.15) is 5.56 Å². The molecule has 1 heterocycles. The molecule has 0 radical (unpaired) electrons. The van der Waals surface area contributed by atoms with Crippen molar-refractivity contribution in [2.24, 2.45) is 0 Å². The Morgan fingerprint density at radius 3 is 2.58 bits per heavy atom. The molecule has 1 aliphatic heterocycles. The molecule has 1 saturated heterocycles. The van der Waals surface area contributed by atoms with Crippen molar-refractivity contribution in [1.29, 1.82) is 5.41 Å². The number of likely N-dealkylation sites (N-methyl/N-ethyl adjacent to an activating group) is 1. The van der Waals surface area contributed by atoms with Crippen molar-refractivity contribution in [2.75, 3.05) is 21.3 Å². The lowest BCUT2D eigenvalue weighted by Gasteiger charge is -2.11. The fourth-order valence-electron chi connectivity index (χ4n) is 1.78. The summed E-state index contributed by atoms with van der Waals surface area (Å²) in [6.07, 6.45) is 1.68. The molecule has 0 unspecified atom stereocenters. The summed E-state index contributed by atoms with van der Waals surface area (Å²) in [5, 5.41) is 9.98. The molecule has 1 amide bonds. The van der Waals surface area contributed by atoms with Gasteiger partial charge in [0.1, 0.15) is 17.2 Å². The number of nitrogens with one attached hydrogen (secondary N) is 2. The Bertz CT molecular complexity index is 566. The minimum absolute atomic E-state index is 0.0590. The van der Waals surface area contributed by atoms with E-state index in [1.165, 1.54) is 4.90 Å². The van der Waals surface area contributed by atoms with E-state index in [1.807, 2.05) is 0 Å². The number of methoxy groups -OCH3 is 2. The smallest absolute Gasteiger partial charge is 0.274 e. The molecule has 1 fully saturated rings. The molecule has 0 saturated carbocycles. The minimum atomic E-state index is -0.301. The Hall–Kier alpha value is -2.50. The van der Waals surface area contributed by atoms with Gasteiger partial charge in [-0.25, -0.2) is 0 Å². The van der Waals surface area contributed by atoms with Crippen LogP contribution in [0.2, 0.25) is 0 Å². The highest BCUT2D eigenvalue weighted by molar-refractivity contribution is 6.14. The quantitative estimate of drug-likeness (QED) is 0.797. The van der Waals surface area contributed by atoms with Gasteiger partial charge in [0.25, 0.3) is 5.91 Å². The summed E-state index contributed by atoms with van der Waals surface area (Å²) >= 11 is 0. The number of carbonyl (C=O) groups excluding carboxylic acids is 1. The van der Waals surface area contributed by atoms with Crippen LogP contribution in [0.4, 0.5) is 0 Å². The van der Waals surface area contributed by atoms with Gasteiger partial charge in [-0.05, 0) is 18.2 Å². The van der Waals surface area contributed by atoms with Crippen LogP contribution in [0, 0.1) is 5.41 Å². The summed E-state index contributed by atoms with van der Waals surface area (Å²) in [4.78, 5) is 13.2. The largest absolute Gasteiger partial charge is 0.497 e. The average molecular weight is 261 g/mol.